The molecule has 1 unspecified atom stereocenters. The smallest absolute Gasteiger partial charge is 0.0366 e. The van der Waals surface area contributed by atoms with Crippen LogP contribution in [0.2, 0.25) is 0 Å². The Hall–Kier alpha value is 0.702. The number of halogens is 1. The molecule has 22 heavy (non-hydrogen) atoms. The van der Waals surface area contributed by atoms with Crippen molar-refractivity contribution in [2.75, 3.05) is 13.1 Å². The number of hydrogen-bond acceptors (Lipinski definition) is 3. The zero-order chi connectivity index (χ0) is 15.7. The third-order valence-electron chi connectivity index (χ3n) is 4.10. The largest absolute Gasteiger partial charge is 0.472 e. The van der Waals surface area contributed by atoms with Gasteiger partial charge in [-0.05, 0) is 52.2 Å². The molecule has 1 rings (SSSR count). The first-order chi connectivity index (χ1) is 10.1. The Labute approximate surface area is 165 Å². The van der Waals surface area contributed by atoms with Crippen molar-refractivity contribution in [3.8, 4) is 0 Å². The second-order valence-electron chi connectivity index (χ2n) is 5.93. The van der Waals surface area contributed by atoms with E-state index in [1.807, 2.05) is 6.08 Å². The van der Waals surface area contributed by atoms with Gasteiger partial charge in [0, 0.05) is 60.8 Å². The van der Waals surface area contributed by atoms with Gasteiger partial charge in [0.1, 0.15) is 0 Å². The third-order valence-corrected chi connectivity index (χ3v) is 4.36. The van der Waals surface area contributed by atoms with Crippen LogP contribution in [0.25, 0.3) is 0 Å². The summed E-state index contributed by atoms with van der Waals surface area (Å²) >= 11 is 6.17. The Morgan fingerprint density at radius 2 is 2.00 bits per heavy atom. The molecule has 1 aliphatic carbocycles. The zero-order valence-electron chi connectivity index (χ0n) is 14.2. The van der Waals surface area contributed by atoms with Gasteiger partial charge in [-0.3, -0.25) is 7.05 Å². The van der Waals surface area contributed by atoms with E-state index in [4.69, 9.17) is 11.6 Å². The molecule has 1 saturated carbocycles. The molecule has 0 amide bonds. The molecule has 1 aliphatic rings. The zero-order valence-corrected chi connectivity index (χ0v) is 19.1. The van der Waals surface area contributed by atoms with Gasteiger partial charge in [-0.25, -0.2) is 0 Å². The average molecular weight is 551 g/mol. The van der Waals surface area contributed by atoms with Crippen molar-refractivity contribution < 1.29 is 31.1 Å². The van der Waals surface area contributed by atoms with E-state index < -0.39 is 0 Å². The van der Waals surface area contributed by atoms with Crippen molar-refractivity contribution in [2.24, 2.45) is 0 Å². The first-order valence-electron chi connectivity index (χ1n) is 8.10. The molecule has 0 aliphatic heterocycles. The van der Waals surface area contributed by atoms with Crippen molar-refractivity contribution in [3.05, 3.63) is 29.8 Å². The minimum atomic E-state index is 0. The fraction of sp³-hybridized carbons (Fsp3) is 0.706. The molecule has 3 nitrogen and oxygen atoms in total. The predicted molar refractivity (Wildman–Crippen MR) is 93.4 cm³/mol. The fourth-order valence-corrected chi connectivity index (χ4v) is 3.09. The summed E-state index contributed by atoms with van der Waals surface area (Å²) in [6.07, 6.45) is 8.79. The van der Waals surface area contributed by atoms with E-state index in [-0.39, 0.29) is 31.1 Å². The van der Waals surface area contributed by atoms with E-state index in [1.54, 1.807) is 0 Å². The topological polar surface area (TPSA) is 36.1 Å². The number of rotatable bonds is 9. The predicted octanol–water partition coefficient (Wildman–Crippen LogP) is 3.34. The summed E-state index contributed by atoms with van der Waals surface area (Å²) in [5.41, 5.74) is 1.29. The summed E-state index contributed by atoms with van der Waals surface area (Å²) in [5, 5.41) is 11.1. The van der Waals surface area contributed by atoms with Gasteiger partial charge in [-0.15, -0.1) is 0 Å². The first kappa shape index (κ1) is 22.7. The molecular weight excluding hydrogens is 520 g/mol. The maximum atomic E-state index is 6.17. The summed E-state index contributed by atoms with van der Waals surface area (Å²) < 4.78 is 0. The summed E-state index contributed by atoms with van der Waals surface area (Å²) in [5.74, 6) is 0. The molecule has 0 aromatic rings. The van der Waals surface area contributed by atoms with Crippen LogP contribution in [-0.2, 0) is 0 Å². The molecule has 0 aromatic carbocycles. The van der Waals surface area contributed by atoms with Crippen molar-refractivity contribution in [3.63, 3.8) is 0 Å². The van der Waals surface area contributed by atoms with Gasteiger partial charge in [0.05, 0.1) is 0 Å². The van der Waals surface area contributed by atoms with Gasteiger partial charge >= 0.3 is 0 Å². The SMILES string of the molecule is [CH2-]NCCN[C@H]1CC[C@H](NC(C)/C(C)=C/C(Cl)=C\CC)C1.[U]. The normalized spacial score (nSPS) is 24.2. The molecule has 0 bridgehead atoms. The van der Waals surface area contributed by atoms with E-state index in [9.17, 15) is 0 Å². The molecule has 0 spiro atoms. The van der Waals surface area contributed by atoms with E-state index >= 15 is 0 Å². The van der Waals surface area contributed by atoms with Crippen LogP contribution in [0.15, 0.2) is 22.8 Å². The number of allylic oxidation sites excluding steroid dienone is 3. The quantitative estimate of drug-likeness (QED) is 0.234. The van der Waals surface area contributed by atoms with Crippen LogP contribution in [0, 0.1) is 38.2 Å². The van der Waals surface area contributed by atoms with Gasteiger partial charge in [-0.2, -0.15) is 0 Å². The Bertz CT molecular complexity index is 358. The van der Waals surface area contributed by atoms with Gasteiger partial charge in [0.25, 0.3) is 0 Å². The third kappa shape index (κ3) is 9.11. The summed E-state index contributed by atoms with van der Waals surface area (Å²) in [6, 6.07) is 1.60. The molecule has 0 heterocycles. The van der Waals surface area contributed by atoms with Crippen LogP contribution in [-0.4, -0.2) is 31.2 Å². The summed E-state index contributed by atoms with van der Waals surface area (Å²) in [6.45, 7) is 8.38. The number of hydrogen-bond donors (Lipinski definition) is 3. The van der Waals surface area contributed by atoms with E-state index in [1.165, 1.54) is 24.8 Å². The van der Waals surface area contributed by atoms with Crippen molar-refractivity contribution in [1.29, 1.82) is 0 Å². The maximum Gasteiger partial charge on any atom is 0.0366 e. The molecule has 126 valence electrons. The van der Waals surface area contributed by atoms with Crippen LogP contribution in [0.5, 0.6) is 0 Å². The Kier molecular flexibility index (Phi) is 13.5. The molecule has 0 radical (unpaired) electrons. The molecule has 0 aromatic heterocycles. The van der Waals surface area contributed by atoms with Crippen LogP contribution < -0.4 is 16.0 Å². The van der Waals surface area contributed by atoms with Gasteiger partial charge < -0.3 is 16.0 Å². The minimum absolute atomic E-state index is 0. The monoisotopic (exact) mass is 550 g/mol. The molecule has 3 atom stereocenters. The first-order valence-corrected chi connectivity index (χ1v) is 8.47. The van der Waals surface area contributed by atoms with Crippen molar-refractivity contribution in [2.45, 2.75) is 64.6 Å². The summed E-state index contributed by atoms with van der Waals surface area (Å²) in [4.78, 5) is 0. The second kappa shape index (κ2) is 13.0. The van der Waals surface area contributed by atoms with E-state index in [0.29, 0.717) is 18.1 Å². The fourth-order valence-electron chi connectivity index (χ4n) is 2.76. The van der Waals surface area contributed by atoms with Crippen LogP contribution >= 0.6 is 11.6 Å². The van der Waals surface area contributed by atoms with Gasteiger partial charge in [-0.1, -0.05) is 30.2 Å². The van der Waals surface area contributed by atoms with Gasteiger partial charge in [0.15, 0.2) is 0 Å². The maximum absolute atomic E-state index is 6.17. The van der Waals surface area contributed by atoms with Gasteiger partial charge in [0.2, 0.25) is 0 Å². The van der Waals surface area contributed by atoms with Crippen molar-refractivity contribution >= 4 is 11.6 Å². The minimum Gasteiger partial charge on any atom is -0.472 e. The molecule has 1 fully saturated rings. The second-order valence-corrected chi connectivity index (χ2v) is 6.37. The average Bonchev–Trinajstić information content (AvgIpc) is 2.86. The molecule has 5 heteroatoms. The molecular formula is C17H31ClN3U-. The van der Waals surface area contributed by atoms with Crippen LogP contribution in [0.1, 0.15) is 46.5 Å². The molecule has 3 N–H and O–H groups in total. The standard InChI is InChI=1S/C17H31ClN3.U/c1-5-6-15(18)11-13(2)14(3)21-17-8-7-16(12-17)20-10-9-19-4;/h6,11,14,16-17,19-21H,4-5,7-10,12H2,1-3H3;/q-1;/b13-11+,15-6+;/t14?,16-,17-;/m0./s1. The molecule has 0 saturated heterocycles. The Morgan fingerprint density at radius 1 is 1.32 bits per heavy atom. The van der Waals surface area contributed by atoms with Crippen molar-refractivity contribution in [1.82, 2.24) is 16.0 Å². The van der Waals surface area contributed by atoms with Crippen LogP contribution in [0.3, 0.4) is 0 Å². The van der Waals surface area contributed by atoms with E-state index in [2.05, 4.69) is 49.8 Å². The summed E-state index contributed by atoms with van der Waals surface area (Å²) in [7, 11) is 3.64. The van der Waals surface area contributed by atoms with E-state index in [0.717, 1.165) is 24.5 Å². The Balaban J connectivity index is 0.00000441. The number of nitrogens with one attached hydrogen (secondary N) is 3. The van der Waals surface area contributed by atoms with Crippen LogP contribution in [0.4, 0.5) is 0 Å². The Morgan fingerprint density at radius 3 is 2.64 bits per heavy atom.